The molecular weight excluding hydrogens is 179 g/mol. The Hall–Kier alpha value is -1.90. The van der Waals surface area contributed by atoms with Gasteiger partial charge in [0.05, 0.1) is 18.1 Å². The Balaban J connectivity index is 2.63. The monoisotopic (exact) mass is 187 g/mol. The minimum Gasteiger partial charge on any atom is -0.397 e. The third-order valence-electron chi connectivity index (χ3n) is 1.94. The first-order valence-electron chi connectivity index (χ1n) is 4.14. The molecule has 0 spiro atoms. The number of benzene rings is 1. The number of aromatic nitrogens is 1. The summed E-state index contributed by atoms with van der Waals surface area (Å²) < 4.78 is 13.4. The van der Waals surface area contributed by atoms with Gasteiger partial charge in [0.15, 0.2) is 5.82 Å². The molecule has 1 heterocycles. The highest BCUT2D eigenvalue weighted by Gasteiger charge is 2.07. The molecule has 2 nitrogen and oxygen atoms in total. The minimum absolute atomic E-state index is 0.344. The summed E-state index contributed by atoms with van der Waals surface area (Å²) in [6.45, 7) is 0. The van der Waals surface area contributed by atoms with Crippen LogP contribution in [0.4, 0.5) is 10.1 Å². The third kappa shape index (κ3) is 1.44. The summed E-state index contributed by atoms with van der Waals surface area (Å²) in [5.41, 5.74) is 7.12. The van der Waals surface area contributed by atoms with Crippen molar-refractivity contribution in [1.82, 2.24) is 4.98 Å². The maximum atomic E-state index is 13.4. The predicted molar refractivity (Wildman–Crippen MR) is 52.9 cm³/mol. The molecule has 14 heavy (non-hydrogen) atoms. The van der Waals surface area contributed by atoms with Crippen molar-refractivity contribution in [1.29, 1.82) is 0 Å². The maximum absolute atomic E-state index is 13.4. The molecule has 0 bridgehead atoms. The van der Waals surface area contributed by atoms with Gasteiger partial charge in [0.2, 0.25) is 0 Å². The lowest BCUT2D eigenvalue weighted by Gasteiger charge is -2.05. The molecule has 0 fully saturated rings. The van der Waals surface area contributed by atoms with Crippen molar-refractivity contribution in [2.45, 2.75) is 0 Å². The van der Waals surface area contributed by atoms with E-state index < -0.39 is 5.82 Å². The summed E-state index contributed by atoms with van der Waals surface area (Å²) in [7, 11) is 0. The van der Waals surface area contributed by atoms with Crippen LogP contribution in [-0.4, -0.2) is 4.98 Å². The van der Waals surface area contributed by atoms with E-state index in [1.165, 1.54) is 6.20 Å². The Labute approximate surface area is 81.2 Å². The standard InChI is InChI=1S/C11H8FN2/c12-9-6-14-7-10(13)11(9)8-4-2-1-3-5-8/h2-7H,13H2. The van der Waals surface area contributed by atoms with Crippen molar-refractivity contribution in [2.24, 2.45) is 0 Å². The summed E-state index contributed by atoms with van der Waals surface area (Å²) in [6, 6.07) is 9.81. The SMILES string of the molecule is Nc1cncc(F)c1-c1cc[c]cc1. The van der Waals surface area contributed by atoms with E-state index in [2.05, 4.69) is 11.1 Å². The van der Waals surface area contributed by atoms with Crippen LogP contribution in [0.2, 0.25) is 0 Å². The van der Waals surface area contributed by atoms with E-state index in [0.717, 1.165) is 11.8 Å². The molecule has 2 rings (SSSR count). The molecule has 0 saturated heterocycles. The zero-order chi connectivity index (χ0) is 9.97. The Morgan fingerprint density at radius 1 is 1.21 bits per heavy atom. The molecule has 2 aromatic rings. The number of halogens is 1. The van der Waals surface area contributed by atoms with Gasteiger partial charge in [0.1, 0.15) is 0 Å². The van der Waals surface area contributed by atoms with Crippen molar-refractivity contribution in [2.75, 3.05) is 5.73 Å². The Bertz CT molecular complexity index is 420. The molecule has 1 aromatic heterocycles. The lowest BCUT2D eigenvalue weighted by Crippen LogP contribution is -1.94. The Kier molecular flexibility index (Phi) is 2.14. The quantitative estimate of drug-likeness (QED) is 0.743. The molecule has 3 heteroatoms. The van der Waals surface area contributed by atoms with E-state index in [0.29, 0.717) is 11.3 Å². The predicted octanol–water partition coefficient (Wildman–Crippen LogP) is 2.27. The molecule has 1 aromatic carbocycles. The van der Waals surface area contributed by atoms with Crippen LogP contribution in [0.25, 0.3) is 11.1 Å². The second kappa shape index (κ2) is 3.46. The molecule has 1 radical (unpaired) electrons. The molecule has 2 N–H and O–H groups in total. The Morgan fingerprint density at radius 2 is 1.93 bits per heavy atom. The first-order valence-corrected chi connectivity index (χ1v) is 4.14. The van der Waals surface area contributed by atoms with Crippen LogP contribution in [0.5, 0.6) is 0 Å². The van der Waals surface area contributed by atoms with E-state index >= 15 is 0 Å². The Morgan fingerprint density at radius 3 is 2.57 bits per heavy atom. The van der Waals surface area contributed by atoms with Gasteiger partial charge in [0.25, 0.3) is 0 Å². The van der Waals surface area contributed by atoms with Gasteiger partial charge < -0.3 is 5.73 Å². The second-order valence-electron chi connectivity index (χ2n) is 2.87. The largest absolute Gasteiger partial charge is 0.397 e. The number of nitrogen functional groups attached to an aromatic ring is 1. The van der Waals surface area contributed by atoms with Crippen molar-refractivity contribution in [3.05, 3.63) is 48.5 Å². The highest BCUT2D eigenvalue weighted by Crippen LogP contribution is 2.26. The van der Waals surface area contributed by atoms with Crippen molar-refractivity contribution >= 4 is 5.69 Å². The number of rotatable bonds is 1. The summed E-state index contributed by atoms with van der Waals surface area (Å²) in [6.07, 6.45) is 2.59. The molecule has 0 aliphatic heterocycles. The van der Waals surface area contributed by atoms with Crippen molar-refractivity contribution in [3.8, 4) is 11.1 Å². The fraction of sp³-hybridized carbons (Fsp3) is 0. The lowest BCUT2D eigenvalue weighted by molar-refractivity contribution is 0.626. The average Bonchev–Trinajstić information content (AvgIpc) is 2.19. The van der Waals surface area contributed by atoms with E-state index in [9.17, 15) is 4.39 Å². The van der Waals surface area contributed by atoms with Gasteiger partial charge in [-0.1, -0.05) is 24.3 Å². The molecule has 0 aliphatic rings. The van der Waals surface area contributed by atoms with E-state index in [1.54, 1.807) is 24.3 Å². The first kappa shape index (κ1) is 8.69. The fourth-order valence-electron chi connectivity index (χ4n) is 1.31. The number of hydrogen-bond donors (Lipinski definition) is 1. The highest BCUT2D eigenvalue weighted by molar-refractivity contribution is 5.75. The summed E-state index contributed by atoms with van der Waals surface area (Å²) in [4.78, 5) is 3.66. The van der Waals surface area contributed by atoms with Gasteiger partial charge in [-0.05, 0) is 11.6 Å². The zero-order valence-corrected chi connectivity index (χ0v) is 7.37. The van der Waals surface area contributed by atoms with Gasteiger partial charge in [-0.3, -0.25) is 4.98 Å². The molecular formula is C11H8FN2. The van der Waals surface area contributed by atoms with E-state index in [-0.39, 0.29) is 0 Å². The summed E-state index contributed by atoms with van der Waals surface area (Å²) in [5, 5.41) is 0. The second-order valence-corrected chi connectivity index (χ2v) is 2.87. The number of pyridine rings is 1. The van der Waals surface area contributed by atoms with Crippen LogP contribution in [0.1, 0.15) is 0 Å². The highest BCUT2D eigenvalue weighted by atomic mass is 19.1. The van der Waals surface area contributed by atoms with Crippen LogP contribution < -0.4 is 5.73 Å². The fourth-order valence-corrected chi connectivity index (χ4v) is 1.31. The van der Waals surface area contributed by atoms with Gasteiger partial charge in [-0.15, -0.1) is 0 Å². The summed E-state index contributed by atoms with van der Waals surface area (Å²) >= 11 is 0. The normalized spacial score (nSPS) is 10.1. The topological polar surface area (TPSA) is 38.9 Å². The van der Waals surface area contributed by atoms with Crippen LogP contribution in [-0.2, 0) is 0 Å². The minimum atomic E-state index is -0.406. The smallest absolute Gasteiger partial charge is 0.151 e. The number of anilines is 1. The molecule has 0 amide bonds. The maximum Gasteiger partial charge on any atom is 0.151 e. The number of hydrogen-bond acceptors (Lipinski definition) is 2. The molecule has 0 aliphatic carbocycles. The molecule has 0 unspecified atom stereocenters. The van der Waals surface area contributed by atoms with Crippen LogP contribution in [0, 0.1) is 11.9 Å². The van der Waals surface area contributed by atoms with Gasteiger partial charge >= 0.3 is 0 Å². The van der Waals surface area contributed by atoms with Gasteiger partial charge in [-0.25, -0.2) is 4.39 Å². The zero-order valence-electron chi connectivity index (χ0n) is 7.37. The van der Waals surface area contributed by atoms with Gasteiger partial charge in [-0.2, -0.15) is 0 Å². The number of nitrogens with two attached hydrogens (primary N) is 1. The number of nitrogens with zero attached hydrogens (tertiary/aromatic N) is 1. The first-order chi connectivity index (χ1) is 6.79. The molecule has 69 valence electrons. The van der Waals surface area contributed by atoms with Crippen LogP contribution in [0.15, 0.2) is 36.7 Å². The molecule has 0 saturated carbocycles. The molecule has 0 atom stereocenters. The van der Waals surface area contributed by atoms with Crippen LogP contribution in [0.3, 0.4) is 0 Å². The lowest BCUT2D eigenvalue weighted by atomic mass is 10.1. The summed E-state index contributed by atoms with van der Waals surface area (Å²) in [5.74, 6) is -0.406. The van der Waals surface area contributed by atoms with Gasteiger partial charge in [0, 0.05) is 5.56 Å². The van der Waals surface area contributed by atoms with Crippen LogP contribution >= 0.6 is 0 Å². The average molecular weight is 187 g/mol. The third-order valence-corrected chi connectivity index (χ3v) is 1.94. The van der Waals surface area contributed by atoms with E-state index in [1.807, 2.05) is 0 Å². The van der Waals surface area contributed by atoms with Crippen molar-refractivity contribution < 1.29 is 4.39 Å². The van der Waals surface area contributed by atoms with Crippen molar-refractivity contribution in [3.63, 3.8) is 0 Å². The van der Waals surface area contributed by atoms with E-state index in [4.69, 9.17) is 5.73 Å².